The van der Waals surface area contributed by atoms with Crippen LogP contribution >= 0.6 is 0 Å². The summed E-state index contributed by atoms with van der Waals surface area (Å²) in [6.45, 7) is 5.24. The summed E-state index contributed by atoms with van der Waals surface area (Å²) in [6, 6.07) is 1.75. The van der Waals surface area contributed by atoms with Crippen LogP contribution in [-0.2, 0) is 11.2 Å². The molecule has 1 rings (SSSR count). The molecule has 0 aromatic carbocycles. The Labute approximate surface area is 78.1 Å². The van der Waals surface area contributed by atoms with E-state index in [0.717, 1.165) is 24.5 Å². The maximum atomic E-state index is 5.57. The van der Waals surface area contributed by atoms with Gasteiger partial charge < -0.3 is 10.5 Å². The minimum absolute atomic E-state index is 0.527. The molecule has 0 spiro atoms. The van der Waals surface area contributed by atoms with Crippen molar-refractivity contribution in [1.82, 2.24) is 9.97 Å². The van der Waals surface area contributed by atoms with Gasteiger partial charge in [-0.05, 0) is 13.8 Å². The molecule has 1 aromatic heterocycles. The monoisotopic (exact) mass is 181 g/mol. The zero-order chi connectivity index (χ0) is 9.68. The number of anilines is 1. The lowest BCUT2D eigenvalue weighted by atomic mass is 10.3. The van der Waals surface area contributed by atoms with Crippen LogP contribution in [0.1, 0.15) is 18.4 Å². The van der Waals surface area contributed by atoms with E-state index in [9.17, 15) is 0 Å². The van der Waals surface area contributed by atoms with Crippen molar-refractivity contribution in [2.75, 3.05) is 18.9 Å². The van der Waals surface area contributed by atoms with E-state index >= 15 is 0 Å². The first-order valence-corrected chi connectivity index (χ1v) is 4.40. The summed E-state index contributed by atoms with van der Waals surface area (Å²) in [7, 11) is 0. The van der Waals surface area contributed by atoms with Gasteiger partial charge in [-0.15, -0.1) is 0 Å². The van der Waals surface area contributed by atoms with Crippen LogP contribution in [0.3, 0.4) is 0 Å². The third-order valence-electron chi connectivity index (χ3n) is 1.59. The molecular weight excluding hydrogens is 166 g/mol. The highest BCUT2D eigenvalue weighted by molar-refractivity contribution is 5.29. The molecular formula is C9H15N3O. The van der Waals surface area contributed by atoms with Gasteiger partial charge in [0.25, 0.3) is 0 Å². The lowest BCUT2D eigenvalue weighted by Gasteiger charge is -2.02. The summed E-state index contributed by atoms with van der Waals surface area (Å²) in [6.07, 6.45) is 0.722. The van der Waals surface area contributed by atoms with Gasteiger partial charge in [0.1, 0.15) is 11.6 Å². The predicted octanol–water partition coefficient (Wildman–Crippen LogP) is 0.946. The van der Waals surface area contributed by atoms with Crippen LogP contribution in [0.15, 0.2) is 6.07 Å². The molecule has 0 saturated heterocycles. The van der Waals surface area contributed by atoms with Crippen LogP contribution in [0, 0.1) is 6.92 Å². The molecule has 13 heavy (non-hydrogen) atoms. The van der Waals surface area contributed by atoms with Crippen LogP contribution in [0.5, 0.6) is 0 Å². The number of nitrogen functional groups attached to an aromatic ring is 1. The molecule has 0 fully saturated rings. The average molecular weight is 181 g/mol. The van der Waals surface area contributed by atoms with E-state index in [1.165, 1.54) is 0 Å². The van der Waals surface area contributed by atoms with Crippen molar-refractivity contribution in [2.24, 2.45) is 0 Å². The molecule has 4 nitrogen and oxygen atoms in total. The van der Waals surface area contributed by atoms with Crippen molar-refractivity contribution in [3.63, 3.8) is 0 Å². The molecule has 0 aliphatic rings. The van der Waals surface area contributed by atoms with E-state index in [4.69, 9.17) is 10.5 Å². The molecule has 2 N–H and O–H groups in total. The van der Waals surface area contributed by atoms with Gasteiger partial charge >= 0.3 is 0 Å². The van der Waals surface area contributed by atoms with Gasteiger partial charge in [-0.25, -0.2) is 9.97 Å². The van der Waals surface area contributed by atoms with E-state index in [1.54, 1.807) is 6.07 Å². The standard InChI is InChI=1S/C9H15N3O/c1-3-13-5-4-9-11-7(2)6-8(10)12-9/h6H,3-5H2,1-2H3,(H2,10,11,12). The van der Waals surface area contributed by atoms with Gasteiger partial charge in [-0.3, -0.25) is 0 Å². The molecule has 0 radical (unpaired) electrons. The highest BCUT2D eigenvalue weighted by atomic mass is 16.5. The van der Waals surface area contributed by atoms with Crippen LogP contribution in [0.25, 0.3) is 0 Å². The number of hydrogen-bond acceptors (Lipinski definition) is 4. The fourth-order valence-electron chi connectivity index (χ4n) is 1.08. The Morgan fingerprint density at radius 1 is 1.46 bits per heavy atom. The predicted molar refractivity (Wildman–Crippen MR) is 51.4 cm³/mol. The van der Waals surface area contributed by atoms with E-state index < -0.39 is 0 Å². The Morgan fingerprint density at radius 2 is 2.23 bits per heavy atom. The molecule has 0 aliphatic carbocycles. The van der Waals surface area contributed by atoms with Crippen molar-refractivity contribution >= 4 is 5.82 Å². The summed E-state index contributed by atoms with van der Waals surface area (Å²) in [5.41, 5.74) is 6.47. The fourth-order valence-corrected chi connectivity index (χ4v) is 1.08. The zero-order valence-corrected chi connectivity index (χ0v) is 8.08. The molecule has 0 unspecified atom stereocenters. The largest absolute Gasteiger partial charge is 0.384 e. The van der Waals surface area contributed by atoms with Crippen LogP contribution in [0.4, 0.5) is 5.82 Å². The number of rotatable bonds is 4. The normalized spacial score (nSPS) is 10.3. The second-order valence-electron chi connectivity index (χ2n) is 2.80. The highest BCUT2D eigenvalue weighted by Gasteiger charge is 1.99. The molecule has 0 atom stereocenters. The van der Waals surface area contributed by atoms with Crippen LogP contribution < -0.4 is 5.73 Å². The summed E-state index contributed by atoms with van der Waals surface area (Å²) in [4.78, 5) is 8.33. The number of nitrogens with two attached hydrogens (primary N) is 1. The number of hydrogen-bond donors (Lipinski definition) is 1. The Hall–Kier alpha value is -1.16. The molecule has 0 aliphatic heterocycles. The van der Waals surface area contributed by atoms with Gasteiger partial charge in [0.15, 0.2) is 0 Å². The summed E-state index contributed by atoms with van der Waals surface area (Å²) in [5.74, 6) is 1.28. The molecule has 1 aromatic rings. The smallest absolute Gasteiger partial charge is 0.133 e. The summed E-state index contributed by atoms with van der Waals surface area (Å²) >= 11 is 0. The first kappa shape index (κ1) is 9.92. The lowest BCUT2D eigenvalue weighted by Crippen LogP contribution is -2.05. The minimum atomic E-state index is 0.527. The summed E-state index contributed by atoms with van der Waals surface area (Å²) in [5, 5.41) is 0. The number of nitrogens with zero attached hydrogens (tertiary/aromatic N) is 2. The topological polar surface area (TPSA) is 61.0 Å². The van der Waals surface area contributed by atoms with E-state index in [2.05, 4.69) is 9.97 Å². The van der Waals surface area contributed by atoms with Crippen molar-refractivity contribution < 1.29 is 4.74 Å². The molecule has 1 heterocycles. The van der Waals surface area contributed by atoms with Gasteiger partial charge in [0, 0.05) is 24.8 Å². The van der Waals surface area contributed by atoms with Gasteiger partial charge in [0.2, 0.25) is 0 Å². The Bertz CT molecular complexity index is 255. The maximum absolute atomic E-state index is 5.57. The quantitative estimate of drug-likeness (QED) is 0.702. The van der Waals surface area contributed by atoms with Crippen molar-refractivity contribution in [2.45, 2.75) is 20.3 Å². The first-order valence-electron chi connectivity index (χ1n) is 4.40. The molecule has 0 bridgehead atoms. The first-order chi connectivity index (χ1) is 6.22. The number of aromatic nitrogens is 2. The van der Waals surface area contributed by atoms with E-state index in [0.29, 0.717) is 12.4 Å². The van der Waals surface area contributed by atoms with Crippen molar-refractivity contribution in [3.8, 4) is 0 Å². The highest BCUT2D eigenvalue weighted by Crippen LogP contribution is 2.02. The second-order valence-corrected chi connectivity index (χ2v) is 2.80. The molecule has 0 amide bonds. The maximum Gasteiger partial charge on any atom is 0.133 e. The van der Waals surface area contributed by atoms with E-state index in [-0.39, 0.29) is 0 Å². The van der Waals surface area contributed by atoms with Gasteiger partial charge in [-0.1, -0.05) is 0 Å². The molecule has 0 saturated carbocycles. The molecule has 4 heteroatoms. The van der Waals surface area contributed by atoms with Crippen LogP contribution in [-0.4, -0.2) is 23.2 Å². The van der Waals surface area contributed by atoms with Crippen molar-refractivity contribution in [3.05, 3.63) is 17.6 Å². The fraction of sp³-hybridized carbons (Fsp3) is 0.556. The van der Waals surface area contributed by atoms with E-state index in [1.807, 2.05) is 13.8 Å². The Morgan fingerprint density at radius 3 is 2.85 bits per heavy atom. The minimum Gasteiger partial charge on any atom is -0.384 e. The van der Waals surface area contributed by atoms with Crippen molar-refractivity contribution in [1.29, 1.82) is 0 Å². The lowest BCUT2D eigenvalue weighted by molar-refractivity contribution is 0.149. The SMILES string of the molecule is CCOCCc1nc(C)cc(N)n1. The third kappa shape index (κ3) is 3.38. The summed E-state index contributed by atoms with van der Waals surface area (Å²) < 4.78 is 5.20. The molecule has 72 valence electrons. The average Bonchev–Trinajstić information content (AvgIpc) is 2.03. The Balaban J connectivity index is 2.56. The van der Waals surface area contributed by atoms with Gasteiger partial charge in [0.05, 0.1) is 6.61 Å². The third-order valence-corrected chi connectivity index (χ3v) is 1.59. The second kappa shape index (κ2) is 4.77. The zero-order valence-electron chi connectivity index (χ0n) is 8.08. The van der Waals surface area contributed by atoms with Gasteiger partial charge in [-0.2, -0.15) is 0 Å². The Kier molecular flexibility index (Phi) is 3.64. The number of aryl methyl sites for hydroxylation is 1. The number of ether oxygens (including phenoxy) is 1. The van der Waals surface area contributed by atoms with Crippen LogP contribution in [0.2, 0.25) is 0 Å².